The minimum Gasteiger partial charge on any atom is -0.322 e. The quantitative estimate of drug-likeness (QED) is 0.626. The molecule has 1 heterocycles. The first-order chi connectivity index (χ1) is 13.2. The summed E-state index contributed by atoms with van der Waals surface area (Å²) in [4.78, 5) is 19.7. The maximum absolute atomic E-state index is 13.6. The second-order valence-electron chi connectivity index (χ2n) is 5.55. The third kappa shape index (κ3) is 4.40. The second kappa shape index (κ2) is 7.59. The topological polar surface area (TPSA) is 66.9 Å². The van der Waals surface area contributed by atoms with Gasteiger partial charge in [-0.3, -0.25) is 4.79 Å². The van der Waals surface area contributed by atoms with E-state index in [4.69, 9.17) is 0 Å². The van der Waals surface area contributed by atoms with E-state index in [0.29, 0.717) is 0 Å². The number of alkyl halides is 3. The third-order valence-corrected chi connectivity index (χ3v) is 3.56. The van der Waals surface area contributed by atoms with Crippen LogP contribution in [0.1, 0.15) is 15.9 Å². The number of para-hydroxylation sites is 1. The number of amides is 1. The monoisotopic (exact) mass is 394 g/mol. The zero-order chi connectivity index (χ0) is 20.3. The molecule has 0 unspecified atom stereocenters. The van der Waals surface area contributed by atoms with Crippen LogP contribution in [0.2, 0.25) is 0 Å². The minimum atomic E-state index is -4.54. The minimum absolute atomic E-state index is 0.0584. The lowest BCUT2D eigenvalue weighted by atomic mass is 10.2. The lowest BCUT2D eigenvalue weighted by molar-refractivity contribution is -0.137. The predicted octanol–water partition coefficient (Wildman–Crippen LogP) is 4.77. The zero-order valence-corrected chi connectivity index (χ0v) is 13.9. The molecule has 2 N–H and O–H groups in total. The Morgan fingerprint density at radius 1 is 0.929 bits per heavy atom. The van der Waals surface area contributed by atoms with Crippen LogP contribution in [0.5, 0.6) is 0 Å². The van der Waals surface area contributed by atoms with Gasteiger partial charge in [0.2, 0.25) is 5.95 Å². The number of nitrogens with one attached hydrogen (secondary N) is 2. The molecule has 0 radical (unpaired) electrons. The number of aromatic nitrogens is 2. The van der Waals surface area contributed by atoms with E-state index in [1.165, 1.54) is 12.1 Å². The van der Waals surface area contributed by atoms with Gasteiger partial charge in [-0.1, -0.05) is 12.1 Å². The van der Waals surface area contributed by atoms with Crippen LogP contribution in [-0.4, -0.2) is 15.9 Å². The Kier molecular flexibility index (Phi) is 5.21. The molecule has 0 bridgehead atoms. The molecule has 5 nitrogen and oxygen atoms in total. The number of nitrogens with zero attached hydrogens (tertiary/aromatic N) is 2. The molecule has 28 heavy (non-hydrogen) atoms. The fourth-order valence-electron chi connectivity index (χ4n) is 2.22. The summed E-state index contributed by atoms with van der Waals surface area (Å²) < 4.78 is 65.3. The highest BCUT2D eigenvalue weighted by Gasteiger charge is 2.30. The zero-order valence-electron chi connectivity index (χ0n) is 13.9. The van der Waals surface area contributed by atoms with Gasteiger partial charge in [-0.2, -0.15) is 13.2 Å². The summed E-state index contributed by atoms with van der Waals surface area (Å²) in [5, 5.41) is 4.65. The highest BCUT2D eigenvalue weighted by atomic mass is 19.4. The lowest BCUT2D eigenvalue weighted by Crippen LogP contribution is -2.14. The van der Waals surface area contributed by atoms with E-state index in [1.807, 2.05) is 0 Å². The van der Waals surface area contributed by atoms with Crippen LogP contribution in [0.25, 0.3) is 0 Å². The molecule has 10 heteroatoms. The Labute approximate surface area is 155 Å². The van der Waals surface area contributed by atoms with Crippen LogP contribution in [0.3, 0.4) is 0 Å². The Hall–Kier alpha value is -3.56. The molecule has 0 aliphatic rings. The van der Waals surface area contributed by atoms with Crippen molar-refractivity contribution in [2.24, 2.45) is 0 Å². The number of carbonyl (C=O) groups excluding carboxylic acids is 1. The average Bonchev–Trinajstić information content (AvgIpc) is 2.65. The lowest BCUT2D eigenvalue weighted by Gasteiger charge is -2.10. The van der Waals surface area contributed by atoms with Gasteiger partial charge in [0.1, 0.15) is 17.3 Å². The number of rotatable bonds is 4. The summed E-state index contributed by atoms with van der Waals surface area (Å²) in [5.74, 6) is -2.62. The van der Waals surface area contributed by atoms with Crippen molar-refractivity contribution in [1.29, 1.82) is 0 Å². The molecular formula is C18H11F5N4O. The van der Waals surface area contributed by atoms with Crippen LogP contribution in [0.4, 0.5) is 39.3 Å². The van der Waals surface area contributed by atoms with Gasteiger partial charge in [0.25, 0.3) is 5.91 Å². The Morgan fingerprint density at radius 2 is 1.54 bits per heavy atom. The van der Waals surface area contributed by atoms with Gasteiger partial charge in [-0.25, -0.2) is 18.7 Å². The molecule has 0 saturated carbocycles. The molecule has 0 saturated heterocycles. The highest BCUT2D eigenvalue weighted by Crippen LogP contribution is 2.30. The maximum atomic E-state index is 13.6. The fraction of sp³-hybridized carbons (Fsp3) is 0.0556. The van der Waals surface area contributed by atoms with E-state index < -0.39 is 35.0 Å². The van der Waals surface area contributed by atoms with Gasteiger partial charge >= 0.3 is 6.18 Å². The second-order valence-corrected chi connectivity index (χ2v) is 5.55. The van der Waals surface area contributed by atoms with E-state index in [2.05, 4.69) is 20.6 Å². The average molecular weight is 394 g/mol. The maximum Gasteiger partial charge on any atom is 0.416 e. The van der Waals surface area contributed by atoms with Crippen LogP contribution >= 0.6 is 0 Å². The molecule has 2 aromatic carbocycles. The van der Waals surface area contributed by atoms with Gasteiger partial charge < -0.3 is 10.6 Å². The van der Waals surface area contributed by atoms with Gasteiger partial charge in [-0.05, 0) is 30.3 Å². The molecule has 0 fully saturated rings. The molecule has 0 spiro atoms. The van der Waals surface area contributed by atoms with E-state index in [1.54, 1.807) is 0 Å². The number of anilines is 3. The largest absolute Gasteiger partial charge is 0.416 e. The first-order valence-corrected chi connectivity index (χ1v) is 7.76. The van der Waals surface area contributed by atoms with Gasteiger partial charge in [-0.15, -0.1) is 0 Å². The van der Waals surface area contributed by atoms with Crippen LogP contribution in [0.15, 0.2) is 54.9 Å². The van der Waals surface area contributed by atoms with Crippen molar-refractivity contribution in [3.8, 4) is 0 Å². The van der Waals surface area contributed by atoms with Crippen LogP contribution < -0.4 is 10.6 Å². The standard InChI is InChI=1S/C18H11F5N4O/c19-13-5-2-6-14(20)15(13)27-17-24-8-10(9-25-17)16(28)26-12-4-1-3-11(7-12)18(21,22)23/h1-9H,(H,26,28)(H,24,25,27). The van der Waals surface area contributed by atoms with Crippen molar-refractivity contribution in [1.82, 2.24) is 9.97 Å². The van der Waals surface area contributed by atoms with E-state index in [-0.39, 0.29) is 17.2 Å². The molecule has 3 aromatic rings. The Morgan fingerprint density at radius 3 is 2.14 bits per heavy atom. The van der Waals surface area contributed by atoms with Crippen molar-refractivity contribution in [2.75, 3.05) is 10.6 Å². The van der Waals surface area contributed by atoms with Gasteiger partial charge in [0, 0.05) is 18.1 Å². The molecule has 1 aromatic heterocycles. The first-order valence-electron chi connectivity index (χ1n) is 7.76. The fourth-order valence-corrected chi connectivity index (χ4v) is 2.22. The molecular weight excluding hydrogens is 383 g/mol. The molecule has 1 amide bonds. The van der Waals surface area contributed by atoms with E-state index in [9.17, 15) is 26.7 Å². The van der Waals surface area contributed by atoms with Crippen LogP contribution in [0, 0.1) is 11.6 Å². The number of hydrogen-bond donors (Lipinski definition) is 2. The van der Waals surface area contributed by atoms with Gasteiger partial charge in [0.15, 0.2) is 0 Å². The predicted molar refractivity (Wildman–Crippen MR) is 91.1 cm³/mol. The summed E-state index contributed by atoms with van der Waals surface area (Å²) in [6.45, 7) is 0. The Balaban J connectivity index is 1.72. The number of hydrogen-bond acceptors (Lipinski definition) is 4. The normalized spacial score (nSPS) is 11.2. The summed E-state index contributed by atoms with van der Waals surface area (Å²) in [5.41, 5.74) is -1.48. The van der Waals surface area contributed by atoms with E-state index >= 15 is 0 Å². The van der Waals surface area contributed by atoms with Crippen molar-refractivity contribution in [3.63, 3.8) is 0 Å². The van der Waals surface area contributed by atoms with Crippen LogP contribution in [-0.2, 0) is 6.18 Å². The highest BCUT2D eigenvalue weighted by molar-refractivity contribution is 6.03. The summed E-state index contributed by atoms with van der Waals surface area (Å²) >= 11 is 0. The molecule has 3 rings (SSSR count). The smallest absolute Gasteiger partial charge is 0.322 e. The summed E-state index contributed by atoms with van der Waals surface area (Å²) in [7, 11) is 0. The molecule has 0 aliphatic carbocycles. The van der Waals surface area contributed by atoms with E-state index in [0.717, 1.165) is 42.7 Å². The molecule has 0 atom stereocenters. The number of carbonyl (C=O) groups is 1. The van der Waals surface area contributed by atoms with Crippen molar-refractivity contribution < 1.29 is 26.7 Å². The molecule has 0 aliphatic heterocycles. The molecule has 144 valence electrons. The summed E-state index contributed by atoms with van der Waals surface area (Å²) in [6, 6.07) is 7.40. The third-order valence-electron chi connectivity index (χ3n) is 3.56. The number of halogens is 5. The van der Waals surface area contributed by atoms with Gasteiger partial charge in [0.05, 0.1) is 11.1 Å². The van der Waals surface area contributed by atoms with Crippen molar-refractivity contribution >= 4 is 23.2 Å². The first kappa shape index (κ1) is 19.2. The number of benzene rings is 2. The van der Waals surface area contributed by atoms with Crippen molar-refractivity contribution in [2.45, 2.75) is 6.18 Å². The van der Waals surface area contributed by atoms with Crippen molar-refractivity contribution in [3.05, 3.63) is 77.6 Å². The Bertz CT molecular complexity index is 985. The SMILES string of the molecule is O=C(Nc1cccc(C(F)(F)F)c1)c1cnc(Nc2c(F)cccc2F)nc1. The summed E-state index contributed by atoms with van der Waals surface area (Å²) in [6.07, 6.45) is -2.41.